The molecule has 4 fully saturated rings. The number of rotatable bonds is 4. The van der Waals surface area contributed by atoms with Crippen molar-refractivity contribution in [2.75, 3.05) is 0 Å². The van der Waals surface area contributed by atoms with Gasteiger partial charge in [-0.3, -0.25) is 9.59 Å². The van der Waals surface area contributed by atoms with Gasteiger partial charge in [0.05, 0.1) is 11.0 Å². The first-order chi connectivity index (χ1) is 13.0. The monoisotopic (exact) mass is 384 g/mol. The maximum atomic E-state index is 13.1. The molecule has 4 aliphatic rings. The van der Waals surface area contributed by atoms with Crippen LogP contribution < -0.4 is 0 Å². The first-order valence-corrected chi connectivity index (χ1v) is 10.6. The van der Waals surface area contributed by atoms with Crippen LogP contribution in [0.15, 0.2) is 24.3 Å². The smallest absolute Gasteiger partial charge is 0.312 e. The maximum absolute atomic E-state index is 13.1. The number of benzene rings is 1. The van der Waals surface area contributed by atoms with Crippen LogP contribution in [0.25, 0.3) is 0 Å². The zero-order chi connectivity index (χ0) is 20.3. The lowest BCUT2D eigenvalue weighted by Crippen LogP contribution is -2.58. The molecule has 28 heavy (non-hydrogen) atoms. The highest BCUT2D eigenvalue weighted by Gasteiger charge is 2.61. The molecule has 152 valence electrons. The van der Waals surface area contributed by atoms with Crippen LogP contribution in [0.4, 0.5) is 0 Å². The minimum atomic E-state index is -0.810. The van der Waals surface area contributed by atoms with Gasteiger partial charge in [-0.15, -0.1) is 0 Å². The van der Waals surface area contributed by atoms with Crippen molar-refractivity contribution < 1.29 is 19.4 Å². The number of hydrogen-bond donors (Lipinski definition) is 1. The van der Waals surface area contributed by atoms with Crippen LogP contribution in [0.1, 0.15) is 82.1 Å². The number of carbonyl (C=O) groups excluding carboxylic acids is 2. The average Bonchev–Trinajstić information content (AvgIpc) is 2.58. The molecule has 0 saturated heterocycles. The topological polar surface area (TPSA) is 63.6 Å². The fourth-order valence-electron chi connectivity index (χ4n) is 6.16. The molecule has 0 aromatic heterocycles. The van der Waals surface area contributed by atoms with Gasteiger partial charge >= 0.3 is 5.97 Å². The van der Waals surface area contributed by atoms with Gasteiger partial charge in [0, 0.05) is 5.56 Å². The van der Waals surface area contributed by atoms with Crippen molar-refractivity contribution in [1.82, 2.24) is 0 Å². The highest BCUT2D eigenvalue weighted by atomic mass is 16.5. The Bertz CT molecular complexity index is 772. The Morgan fingerprint density at radius 2 is 1.64 bits per heavy atom. The molecule has 3 atom stereocenters. The fraction of sp³-hybridized carbons (Fsp3) is 0.667. The van der Waals surface area contributed by atoms with E-state index >= 15 is 0 Å². The molecule has 0 spiro atoms. The third-order valence-electron chi connectivity index (χ3n) is 7.15. The third kappa shape index (κ3) is 3.41. The first kappa shape index (κ1) is 19.6. The minimum Gasteiger partial charge on any atom is -0.454 e. The Balaban J connectivity index is 1.45. The molecule has 0 heterocycles. The lowest BCUT2D eigenvalue weighted by Gasteiger charge is -2.58. The molecular formula is C24H32O4. The number of ketones is 1. The van der Waals surface area contributed by atoms with Crippen molar-refractivity contribution in [2.24, 2.45) is 17.3 Å². The summed E-state index contributed by atoms with van der Waals surface area (Å²) in [6.45, 7) is 8.06. The minimum absolute atomic E-state index is 0.0262. The average molecular weight is 385 g/mol. The molecule has 0 unspecified atom stereocenters. The van der Waals surface area contributed by atoms with Crippen molar-refractivity contribution in [2.45, 2.75) is 83.3 Å². The lowest BCUT2D eigenvalue weighted by atomic mass is 9.48. The van der Waals surface area contributed by atoms with Crippen molar-refractivity contribution in [3.05, 3.63) is 35.4 Å². The van der Waals surface area contributed by atoms with Gasteiger partial charge in [-0.25, -0.2) is 0 Å². The highest BCUT2D eigenvalue weighted by molar-refractivity contribution is 6.00. The van der Waals surface area contributed by atoms with Gasteiger partial charge < -0.3 is 9.84 Å². The standard InChI is InChI=1S/C24H32O4/c1-15(20(25)18-5-7-19(8-6-18)22(2,3)4)28-21(26)23-10-16-9-17(11-23)13-24(27,12-16)14-23/h5-8,15-17,27H,9-14H2,1-4H3/t15-,16+,17+,23?,24?/m0/s1. The second-order valence-electron chi connectivity index (χ2n) is 10.7. The summed E-state index contributed by atoms with van der Waals surface area (Å²) >= 11 is 0. The van der Waals surface area contributed by atoms with Crippen molar-refractivity contribution in [3.8, 4) is 0 Å². The SMILES string of the molecule is C[C@H](OC(=O)C12C[C@H]3C[C@@H](CC(O)(C3)C1)C2)C(=O)c1ccc(C(C)(C)C)cc1. The molecular weight excluding hydrogens is 352 g/mol. The summed E-state index contributed by atoms with van der Waals surface area (Å²) in [4.78, 5) is 25.9. The van der Waals surface area contributed by atoms with Crippen molar-refractivity contribution >= 4 is 11.8 Å². The molecule has 4 heteroatoms. The predicted molar refractivity (Wildman–Crippen MR) is 107 cm³/mol. The van der Waals surface area contributed by atoms with Gasteiger partial charge in [-0.2, -0.15) is 0 Å². The summed E-state index contributed by atoms with van der Waals surface area (Å²) in [5.41, 5.74) is 0.453. The van der Waals surface area contributed by atoms with E-state index in [0.717, 1.165) is 37.7 Å². The molecule has 1 aromatic carbocycles. The van der Waals surface area contributed by atoms with E-state index in [0.29, 0.717) is 23.8 Å². The van der Waals surface area contributed by atoms with Crippen molar-refractivity contribution in [1.29, 1.82) is 0 Å². The quantitative estimate of drug-likeness (QED) is 0.616. The van der Waals surface area contributed by atoms with E-state index in [1.807, 2.05) is 24.3 Å². The number of aliphatic hydroxyl groups is 1. The van der Waals surface area contributed by atoms with Gasteiger partial charge in [0.15, 0.2) is 6.10 Å². The number of hydrogen-bond acceptors (Lipinski definition) is 4. The van der Waals surface area contributed by atoms with Gasteiger partial charge in [0.25, 0.3) is 0 Å². The van der Waals surface area contributed by atoms with Crippen LogP contribution in [-0.2, 0) is 14.9 Å². The lowest BCUT2D eigenvalue weighted by molar-refractivity contribution is -0.197. The van der Waals surface area contributed by atoms with Gasteiger partial charge in [-0.1, -0.05) is 45.0 Å². The largest absolute Gasteiger partial charge is 0.454 e. The zero-order valence-corrected chi connectivity index (χ0v) is 17.5. The first-order valence-electron chi connectivity index (χ1n) is 10.6. The van der Waals surface area contributed by atoms with Crippen LogP contribution in [0.2, 0.25) is 0 Å². The summed E-state index contributed by atoms with van der Waals surface area (Å²) in [6.07, 6.45) is 4.02. The fourth-order valence-corrected chi connectivity index (χ4v) is 6.16. The van der Waals surface area contributed by atoms with E-state index in [1.54, 1.807) is 6.92 Å². The molecule has 1 N–H and O–H groups in total. The number of carbonyl (C=O) groups is 2. The van der Waals surface area contributed by atoms with Crippen LogP contribution in [0.3, 0.4) is 0 Å². The number of esters is 1. The summed E-state index contributed by atoms with van der Waals surface area (Å²) in [6, 6.07) is 7.58. The van der Waals surface area contributed by atoms with Crippen LogP contribution in [-0.4, -0.2) is 28.6 Å². The Labute approximate surface area is 167 Å². The molecule has 4 nitrogen and oxygen atoms in total. The maximum Gasteiger partial charge on any atom is 0.312 e. The number of ether oxygens (including phenoxy) is 1. The van der Waals surface area contributed by atoms with Crippen LogP contribution in [0, 0.1) is 17.3 Å². The zero-order valence-electron chi connectivity index (χ0n) is 17.5. The molecule has 4 saturated carbocycles. The molecule has 4 bridgehead atoms. The molecule has 0 aliphatic heterocycles. The molecule has 5 rings (SSSR count). The van der Waals surface area contributed by atoms with E-state index in [4.69, 9.17) is 4.74 Å². The summed E-state index contributed by atoms with van der Waals surface area (Å²) in [5, 5.41) is 10.9. The molecule has 0 amide bonds. The highest BCUT2D eigenvalue weighted by Crippen LogP contribution is 2.62. The van der Waals surface area contributed by atoms with E-state index in [9.17, 15) is 14.7 Å². The van der Waals surface area contributed by atoms with Gasteiger partial charge in [0.2, 0.25) is 5.78 Å². The van der Waals surface area contributed by atoms with Crippen LogP contribution >= 0.6 is 0 Å². The van der Waals surface area contributed by atoms with E-state index < -0.39 is 17.1 Å². The van der Waals surface area contributed by atoms with Gasteiger partial charge in [0.1, 0.15) is 0 Å². The second kappa shape index (κ2) is 6.41. The summed E-state index contributed by atoms with van der Waals surface area (Å²) in [7, 11) is 0. The Morgan fingerprint density at radius 1 is 1.07 bits per heavy atom. The normalized spacial score (nSPS) is 34.9. The van der Waals surface area contributed by atoms with Crippen molar-refractivity contribution in [3.63, 3.8) is 0 Å². The molecule has 4 aliphatic carbocycles. The Hall–Kier alpha value is -1.68. The van der Waals surface area contributed by atoms with Crippen LogP contribution in [0.5, 0.6) is 0 Å². The van der Waals surface area contributed by atoms with E-state index in [1.165, 1.54) is 0 Å². The number of Topliss-reactive ketones (excluding diaryl/α,β-unsaturated/α-hetero) is 1. The third-order valence-corrected chi connectivity index (χ3v) is 7.15. The molecule has 0 radical (unpaired) electrons. The summed E-state index contributed by atoms with van der Waals surface area (Å²) < 4.78 is 5.69. The van der Waals surface area contributed by atoms with Gasteiger partial charge in [-0.05, 0) is 68.3 Å². The second-order valence-corrected chi connectivity index (χ2v) is 10.7. The Morgan fingerprint density at radius 3 is 2.14 bits per heavy atom. The predicted octanol–water partition coefficient (Wildman–Crippen LogP) is 4.43. The van der Waals surface area contributed by atoms with E-state index in [2.05, 4.69) is 20.8 Å². The Kier molecular flexibility index (Phi) is 4.50. The molecule has 1 aromatic rings. The van der Waals surface area contributed by atoms with E-state index in [-0.39, 0.29) is 17.2 Å². The summed E-state index contributed by atoms with van der Waals surface area (Å²) in [5.74, 6) is 0.369.